The molecule has 0 amide bonds. The summed E-state index contributed by atoms with van der Waals surface area (Å²) in [5.41, 5.74) is 0.795. The van der Waals surface area contributed by atoms with Crippen LogP contribution in [0.5, 0.6) is 0 Å². The van der Waals surface area contributed by atoms with Crippen LogP contribution in [-0.4, -0.2) is 5.78 Å². The molecule has 2 heteroatoms. The maximum absolute atomic E-state index is 13.0. The largest absolute Gasteiger partial charge is 0.299 e. The number of halogens is 1. The highest BCUT2D eigenvalue weighted by molar-refractivity contribution is 5.83. The highest BCUT2D eigenvalue weighted by atomic mass is 19.1. The number of carbonyl (C=O) groups is 1. The van der Waals surface area contributed by atoms with Gasteiger partial charge in [-0.1, -0.05) is 25.5 Å². The van der Waals surface area contributed by atoms with E-state index in [1.807, 2.05) is 6.07 Å². The Hall–Kier alpha value is -1.18. The van der Waals surface area contributed by atoms with E-state index in [9.17, 15) is 9.18 Å². The summed E-state index contributed by atoms with van der Waals surface area (Å²) in [6.45, 7) is 2.14. The molecule has 0 N–H and O–H groups in total. The lowest BCUT2D eigenvalue weighted by Crippen LogP contribution is -2.19. The van der Waals surface area contributed by atoms with E-state index in [0.717, 1.165) is 24.8 Å². The fourth-order valence-corrected chi connectivity index (χ4v) is 2.60. The van der Waals surface area contributed by atoms with Gasteiger partial charge in [-0.2, -0.15) is 0 Å². The first-order chi connectivity index (χ1) is 7.66. The molecule has 0 aliphatic heterocycles. The van der Waals surface area contributed by atoms with Crippen molar-refractivity contribution in [3.63, 3.8) is 0 Å². The molecule has 0 spiro atoms. The first kappa shape index (κ1) is 11.3. The Bertz CT molecular complexity index is 386. The molecule has 0 radical (unpaired) electrons. The van der Waals surface area contributed by atoms with E-state index in [4.69, 9.17) is 0 Å². The highest BCUT2D eigenvalue weighted by Crippen LogP contribution is 2.32. The third-order valence-corrected chi connectivity index (χ3v) is 3.54. The molecule has 0 heterocycles. The minimum absolute atomic E-state index is 0.197. The molecule has 2 atom stereocenters. The summed E-state index contributed by atoms with van der Waals surface area (Å²) in [5, 5.41) is 0. The molecular formula is C14H17FO. The van der Waals surface area contributed by atoms with Crippen molar-refractivity contribution in [2.75, 3.05) is 0 Å². The molecule has 1 saturated carbocycles. The lowest BCUT2D eigenvalue weighted by Gasteiger charge is -2.13. The van der Waals surface area contributed by atoms with E-state index in [1.165, 1.54) is 12.1 Å². The van der Waals surface area contributed by atoms with E-state index < -0.39 is 0 Å². The predicted molar refractivity (Wildman–Crippen MR) is 61.6 cm³/mol. The van der Waals surface area contributed by atoms with Gasteiger partial charge in [0, 0.05) is 12.3 Å². The van der Waals surface area contributed by atoms with E-state index in [2.05, 4.69) is 6.92 Å². The molecule has 2 unspecified atom stereocenters. The third kappa shape index (κ3) is 2.49. The van der Waals surface area contributed by atoms with Gasteiger partial charge >= 0.3 is 0 Å². The Labute approximate surface area is 95.7 Å². The minimum Gasteiger partial charge on any atom is -0.299 e. The third-order valence-electron chi connectivity index (χ3n) is 3.54. The molecule has 1 fully saturated rings. The van der Waals surface area contributed by atoms with Crippen molar-refractivity contribution in [1.82, 2.24) is 0 Å². The van der Waals surface area contributed by atoms with Crippen LogP contribution in [0.1, 0.15) is 31.7 Å². The molecule has 2 rings (SSSR count). The second-order valence-electron chi connectivity index (χ2n) is 4.79. The van der Waals surface area contributed by atoms with Crippen LogP contribution < -0.4 is 0 Å². The van der Waals surface area contributed by atoms with Crippen LogP contribution >= 0.6 is 0 Å². The Balaban J connectivity index is 2.02. The first-order valence-electron chi connectivity index (χ1n) is 5.94. The van der Waals surface area contributed by atoms with Gasteiger partial charge in [0.15, 0.2) is 0 Å². The summed E-state index contributed by atoms with van der Waals surface area (Å²) in [7, 11) is 0. The second-order valence-corrected chi connectivity index (χ2v) is 4.79. The molecular weight excluding hydrogens is 203 g/mol. The summed E-state index contributed by atoms with van der Waals surface area (Å²) in [6, 6.07) is 6.35. The quantitative estimate of drug-likeness (QED) is 0.763. The Morgan fingerprint density at radius 2 is 2.25 bits per heavy atom. The Morgan fingerprint density at radius 1 is 1.44 bits per heavy atom. The van der Waals surface area contributed by atoms with Gasteiger partial charge in [-0.3, -0.25) is 4.79 Å². The van der Waals surface area contributed by atoms with E-state index in [-0.39, 0.29) is 17.5 Å². The molecule has 1 nitrogen and oxygen atoms in total. The molecule has 0 bridgehead atoms. The zero-order valence-corrected chi connectivity index (χ0v) is 9.58. The Morgan fingerprint density at radius 3 is 2.88 bits per heavy atom. The van der Waals surface area contributed by atoms with Gasteiger partial charge in [-0.05, 0) is 36.5 Å². The number of hydrogen-bond acceptors (Lipinski definition) is 1. The summed E-state index contributed by atoms with van der Waals surface area (Å²) in [6.07, 6.45) is 3.70. The molecule has 86 valence electrons. The van der Waals surface area contributed by atoms with Crippen molar-refractivity contribution < 1.29 is 9.18 Å². The monoisotopic (exact) mass is 220 g/mol. The molecule has 1 aromatic carbocycles. The molecule has 1 aliphatic rings. The minimum atomic E-state index is -0.259. The van der Waals surface area contributed by atoms with Crippen molar-refractivity contribution in [2.45, 2.75) is 32.6 Å². The van der Waals surface area contributed by atoms with Gasteiger partial charge < -0.3 is 0 Å². The average molecular weight is 220 g/mol. The maximum atomic E-state index is 13.0. The highest BCUT2D eigenvalue weighted by Gasteiger charge is 2.29. The topological polar surface area (TPSA) is 17.1 Å². The Kier molecular flexibility index (Phi) is 3.37. The van der Waals surface area contributed by atoms with Crippen molar-refractivity contribution in [3.05, 3.63) is 35.6 Å². The predicted octanol–water partition coefficient (Wildman–Crippen LogP) is 3.37. The van der Waals surface area contributed by atoms with E-state index in [0.29, 0.717) is 12.3 Å². The first-order valence-corrected chi connectivity index (χ1v) is 5.94. The van der Waals surface area contributed by atoms with Crippen molar-refractivity contribution in [2.24, 2.45) is 11.8 Å². The van der Waals surface area contributed by atoms with Gasteiger partial charge in [0.25, 0.3) is 0 Å². The number of Topliss-reactive ketones (excluding diaryl/α,β-unsaturated/α-hetero) is 1. The summed E-state index contributed by atoms with van der Waals surface area (Å²) < 4.78 is 13.0. The SMILES string of the molecule is CC1CCCC1C(=O)Cc1cccc(F)c1. The lowest BCUT2D eigenvalue weighted by molar-refractivity contribution is -0.123. The molecule has 1 aliphatic carbocycles. The van der Waals surface area contributed by atoms with Gasteiger partial charge in [-0.25, -0.2) is 4.39 Å². The fourth-order valence-electron chi connectivity index (χ4n) is 2.60. The van der Waals surface area contributed by atoms with Crippen LogP contribution in [0, 0.1) is 17.7 Å². The van der Waals surface area contributed by atoms with E-state index >= 15 is 0 Å². The van der Waals surface area contributed by atoms with Crippen LogP contribution in [0.4, 0.5) is 4.39 Å². The average Bonchev–Trinajstić information content (AvgIpc) is 2.64. The summed E-state index contributed by atoms with van der Waals surface area (Å²) in [5.74, 6) is 0.713. The summed E-state index contributed by atoms with van der Waals surface area (Å²) in [4.78, 5) is 12.0. The smallest absolute Gasteiger partial charge is 0.140 e. The zero-order chi connectivity index (χ0) is 11.5. The van der Waals surface area contributed by atoms with Crippen LogP contribution in [0.3, 0.4) is 0 Å². The normalized spacial score (nSPS) is 24.6. The number of hydrogen-bond donors (Lipinski definition) is 0. The number of benzene rings is 1. The van der Waals surface area contributed by atoms with E-state index in [1.54, 1.807) is 6.07 Å². The molecule has 0 saturated heterocycles. The molecule has 16 heavy (non-hydrogen) atoms. The van der Waals surface area contributed by atoms with Crippen molar-refractivity contribution in [3.8, 4) is 0 Å². The number of rotatable bonds is 3. The number of ketones is 1. The summed E-state index contributed by atoms with van der Waals surface area (Å²) >= 11 is 0. The van der Waals surface area contributed by atoms with Gasteiger partial charge in [0.05, 0.1) is 0 Å². The molecule has 0 aromatic heterocycles. The van der Waals surface area contributed by atoms with Crippen LogP contribution in [0.2, 0.25) is 0 Å². The van der Waals surface area contributed by atoms with Gasteiger partial charge in [0.2, 0.25) is 0 Å². The van der Waals surface area contributed by atoms with Crippen LogP contribution in [-0.2, 0) is 11.2 Å². The van der Waals surface area contributed by atoms with Crippen molar-refractivity contribution >= 4 is 5.78 Å². The zero-order valence-electron chi connectivity index (χ0n) is 9.58. The van der Waals surface area contributed by atoms with Crippen LogP contribution in [0.25, 0.3) is 0 Å². The lowest BCUT2D eigenvalue weighted by atomic mass is 9.90. The standard InChI is InChI=1S/C14H17FO/c1-10-4-2-7-13(10)14(16)9-11-5-3-6-12(15)8-11/h3,5-6,8,10,13H,2,4,7,9H2,1H3. The van der Waals surface area contributed by atoms with Crippen LogP contribution in [0.15, 0.2) is 24.3 Å². The van der Waals surface area contributed by atoms with Crippen molar-refractivity contribution in [1.29, 1.82) is 0 Å². The second kappa shape index (κ2) is 4.77. The fraction of sp³-hybridized carbons (Fsp3) is 0.500. The maximum Gasteiger partial charge on any atom is 0.140 e. The van der Waals surface area contributed by atoms with Gasteiger partial charge in [0.1, 0.15) is 11.6 Å². The van der Waals surface area contributed by atoms with Gasteiger partial charge in [-0.15, -0.1) is 0 Å². The number of carbonyl (C=O) groups excluding carboxylic acids is 1. The molecule has 1 aromatic rings.